The quantitative estimate of drug-likeness (QED) is 0.582. The fourth-order valence-corrected chi connectivity index (χ4v) is 1.26. The van der Waals surface area contributed by atoms with Crippen molar-refractivity contribution in [1.82, 2.24) is 19.9 Å². The number of rotatable bonds is 1. The van der Waals surface area contributed by atoms with Crippen LogP contribution in [0.15, 0.2) is 0 Å². The zero-order valence-electron chi connectivity index (χ0n) is 6.79. The van der Waals surface area contributed by atoms with Gasteiger partial charge in [-0.15, -0.1) is 0 Å². The lowest BCUT2D eigenvalue weighted by Gasteiger charge is -1.99. The Morgan fingerprint density at radius 3 is 2.85 bits per heavy atom. The molecule has 4 N–H and O–H groups in total. The van der Waals surface area contributed by atoms with E-state index in [1.807, 2.05) is 0 Å². The van der Waals surface area contributed by atoms with Gasteiger partial charge in [0.1, 0.15) is 5.52 Å². The summed E-state index contributed by atoms with van der Waals surface area (Å²) in [5.41, 5.74) is 6.62. The van der Waals surface area contributed by atoms with E-state index in [0.29, 0.717) is 21.8 Å². The average molecular weight is 197 g/mol. The Morgan fingerprint density at radius 1 is 1.38 bits per heavy atom. The molecule has 0 aliphatic heterocycles. The van der Waals surface area contributed by atoms with E-state index in [4.69, 9.17) is 22.7 Å². The molecule has 0 unspecified atom stereocenters. The number of H-pyrrole nitrogens is 2. The van der Waals surface area contributed by atoms with Gasteiger partial charge in [-0.05, 0) is 12.2 Å². The molecule has 2 aromatic rings. The fraction of sp³-hybridized carbons (Fsp3) is 0.167. The maximum absolute atomic E-state index is 5.44. The van der Waals surface area contributed by atoms with Crippen LogP contribution in [0.3, 0.4) is 0 Å². The fourth-order valence-electron chi connectivity index (χ4n) is 1.06. The van der Waals surface area contributed by atoms with Gasteiger partial charge in [0.25, 0.3) is 0 Å². The summed E-state index contributed by atoms with van der Waals surface area (Å²) in [7, 11) is 1.51. The second-order valence-corrected chi connectivity index (χ2v) is 2.80. The molecule has 0 saturated carbocycles. The van der Waals surface area contributed by atoms with Gasteiger partial charge in [-0.2, -0.15) is 9.97 Å². The van der Waals surface area contributed by atoms with Crippen LogP contribution in [0.25, 0.3) is 11.2 Å². The lowest BCUT2D eigenvalue weighted by Crippen LogP contribution is -1.98. The summed E-state index contributed by atoms with van der Waals surface area (Å²) in [5, 5.41) is 0. The predicted octanol–water partition coefficient (Wildman–Crippen LogP) is 0.606. The van der Waals surface area contributed by atoms with Crippen molar-refractivity contribution < 1.29 is 4.74 Å². The van der Waals surface area contributed by atoms with E-state index in [0.717, 1.165) is 0 Å². The second-order valence-electron chi connectivity index (χ2n) is 2.39. The molecule has 0 spiro atoms. The Bertz CT molecular complexity index is 501. The number of nitrogens with one attached hydrogen (secondary N) is 2. The lowest BCUT2D eigenvalue weighted by atomic mass is 10.5. The Labute approximate surface area is 78.2 Å². The third kappa shape index (κ3) is 1.22. The van der Waals surface area contributed by atoms with Gasteiger partial charge in [0.2, 0.25) is 11.8 Å². The van der Waals surface area contributed by atoms with Crippen molar-refractivity contribution >= 4 is 29.3 Å². The van der Waals surface area contributed by atoms with Crippen LogP contribution < -0.4 is 10.5 Å². The van der Waals surface area contributed by atoms with Crippen LogP contribution in [-0.4, -0.2) is 27.0 Å². The molecule has 0 aliphatic carbocycles. The minimum Gasteiger partial charge on any atom is -0.479 e. The molecule has 2 heterocycles. The van der Waals surface area contributed by atoms with Gasteiger partial charge in [-0.3, -0.25) is 0 Å². The molecule has 0 saturated heterocycles. The highest BCUT2D eigenvalue weighted by Crippen LogP contribution is 2.19. The molecule has 0 bridgehead atoms. The van der Waals surface area contributed by atoms with E-state index in [-0.39, 0.29) is 5.95 Å². The van der Waals surface area contributed by atoms with Gasteiger partial charge >= 0.3 is 0 Å². The van der Waals surface area contributed by atoms with Crippen molar-refractivity contribution in [2.45, 2.75) is 0 Å². The molecule has 0 fully saturated rings. The van der Waals surface area contributed by atoms with Crippen molar-refractivity contribution in [3.05, 3.63) is 4.77 Å². The van der Waals surface area contributed by atoms with Gasteiger partial charge in [0, 0.05) is 0 Å². The number of aromatic nitrogens is 4. The second kappa shape index (κ2) is 2.70. The highest BCUT2D eigenvalue weighted by Gasteiger charge is 2.07. The van der Waals surface area contributed by atoms with Crippen LogP contribution in [0.2, 0.25) is 0 Å². The molecule has 2 rings (SSSR count). The molecule has 0 aromatic carbocycles. The Hall–Kier alpha value is -1.63. The third-order valence-corrected chi connectivity index (χ3v) is 1.76. The van der Waals surface area contributed by atoms with E-state index >= 15 is 0 Å². The highest BCUT2D eigenvalue weighted by molar-refractivity contribution is 7.71. The molecule has 0 radical (unpaired) electrons. The topological polar surface area (TPSA) is 92.6 Å². The minimum atomic E-state index is 0.148. The number of ether oxygens (including phenoxy) is 1. The first-order valence-corrected chi connectivity index (χ1v) is 3.91. The number of fused-ring (bicyclic) bond motifs is 1. The van der Waals surface area contributed by atoms with Crippen LogP contribution in [0, 0.1) is 4.77 Å². The Morgan fingerprint density at radius 2 is 2.15 bits per heavy atom. The first-order chi connectivity index (χ1) is 6.20. The zero-order valence-corrected chi connectivity index (χ0v) is 7.60. The van der Waals surface area contributed by atoms with Crippen molar-refractivity contribution in [2.24, 2.45) is 0 Å². The number of aromatic amines is 2. The maximum atomic E-state index is 5.44. The molecule has 0 amide bonds. The highest BCUT2D eigenvalue weighted by atomic mass is 32.1. The van der Waals surface area contributed by atoms with Crippen LogP contribution in [0.1, 0.15) is 0 Å². The van der Waals surface area contributed by atoms with E-state index in [2.05, 4.69) is 19.9 Å². The average Bonchev–Trinajstić information content (AvgIpc) is 2.43. The van der Waals surface area contributed by atoms with Crippen LogP contribution in [0.4, 0.5) is 5.95 Å². The van der Waals surface area contributed by atoms with Crippen molar-refractivity contribution in [2.75, 3.05) is 12.8 Å². The minimum absolute atomic E-state index is 0.148. The van der Waals surface area contributed by atoms with Crippen molar-refractivity contribution in [1.29, 1.82) is 0 Å². The van der Waals surface area contributed by atoms with E-state index in [9.17, 15) is 0 Å². The number of nitrogens with zero attached hydrogens (tertiary/aromatic N) is 2. The molecule has 0 atom stereocenters. The number of methoxy groups -OCH3 is 1. The van der Waals surface area contributed by atoms with Gasteiger partial charge in [-0.25, -0.2) is 0 Å². The van der Waals surface area contributed by atoms with Crippen molar-refractivity contribution in [3.63, 3.8) is 0 Å². The van der Waals surface area contributed by atoms with Gasteiger partial charge in [0.15, 0.2) is 10.4 Å². The molecular formula is C6H7N5OS. The number of imidazole rings is 1. The third-order valence-electron chi connectivity index (χ3n) is 1.56. The number of nitrogens with two attached hydrogens (primary N) is 1. The molecule has 6 nitrogen and oxygen atoms in total. The summed E-state index contributed by atoms with van der Waals surface area (Å²) in [4.78, 5) is 13.5. The summed E-state index contributed by atoms with van der Waals surface area (Å²) in [6.07, 6.45) is 0. The largest absolute Gasteiger partial charge is 0.479 e. The zero-order chi connectivity index (χ0) is 9.42. The molecule has 2 aromatic heterocycles. The van der Waals surface area contributed by atoms with Crippen LogP contribution in [0.5, 0.6) is 5.88 Å². The predicted molar refractivity (Wildman–Crippen MR) is 50.0 cm³/mol. The standard InChI is InChI=1S/C6H7N5OS/c1-12-4-2-3(9-5(7)11-4)10-6(13)8-2/h1H3,(H4,7,8,9,10,11,13). The smallest absolute Gasteiger partial charge is 0.244 e. The SMILES string of the molecule is COc1nc(N)nc2[nH]c(=S)[nH]c12. The molecule has 13 heavy (non-hydrogen) atoms. The van der Waals surface area contributed by atoms with Gasteiger partial charge in [-0.1, -0.05) is 0 Å². The first kappa shape index (κ1) is 7.99. The number of hydrogen-bond acceptors (Lipinski definition) is 5. The summed E-state index contributed by atoms with van der Waals surface area (Å²) in [6, 6.07) is 0. The van der Waals surface area contributed by atoms with Crippen molar-refractivity contribution in [3.8, 4) is 5.88 Å². The molecule has 7 heteroatoms. The Balaban J connectivity index is 2.88. The van der Waals surface area contributed by atoms with Crippen LogP contribution >= 0.6 is 12.2 Å². The van der Waals surface area contributed by atoms with Gasteiger partial charge in [0.05, 0.1) is 7.11 Å². The van der Waals surface area contributed by atoms with Crippen LogP contribution in [-0.2, 0) is 0 Å². The summed E-state index contributed by atoms with van der Waals surface area (Å²) in [6.45, 7) is 0. The monoisotopic (exact) mass is 197 g/mol. The molecular weight excluding hydrogens is 190 g/mol. The first-order valence-electron chi connectivity index (χ1n) is 3.50. The maximum Gasteiger partial charge on any atom is 0.244 e. The number of anilines is 1. The summed E-state index contributed by atoms with van der Waals surface area (Å²) in [5.74, 6) is 0.532. The lowest BCUT2D eigenvalue weighted by molar-refractivity contribution is 0.402. The molecule has 68 valence electrons. The van der Waals surface area contributed by atoms with Gasteiger partial charge < -0.3 is 20.4 Å². The molecule has 0 aliphatic rings. The van der Waals surface area contributed by atoms with E-state index in [1.54, 1.807) is 0 Å². The Kier molecular flexibility index (Phi) is 1.66. The number of hydrogen-bond donors (Lipinski definition) is 3. The van der Waals surface area contributed by atoms with E-state index < -0.39 is 0 Å². The van der Waals surface area contributed by atoms with E-state index in [1.165, 1.54) is 7.11 Å². The summed E-state index contributed by atoms with van der Waals surface area (Å²) < 4.78 is 5.46. The normalized spacial score (nSPS) is 10.5. The number of nitrogen functional groups attached to an aromatic ring is 1. The summed E-state index contributed by atoms with van der Waals surface area (Å²) >= 11 is 4.89.